The molecular weight excluding hydrogens is 240 g/mol. The van der Waals surface area contributed by atoms with E-state index in [4.69, 9.17) is 16.3 Å². The van der Waals surface area contributed by atoms with Crippen LogP contribution in [0.5, 0.6) is 5.75 Å². The summed E-state index contributed by atoms with van der Waals surface area (Å²) in [6, 6.07) is 3.42. The zero-order chi connectivity index (χ0) is 12.8. The van der Waals surface area contributed by atoms with Gasteiger partial charge in [-0.15, -0.1) is 11.6 Å². The maximum absolute atomic E-state index is 11.4. The molecule has 1 aromatic rings. The number of carbonyl (C=O) groups excluding carboxylic acids is 2. The minimum absolute atomic E-state index is 0.299. The van der Waals surface area contributed by atoms with E-state index in [1.54, 1.807) is 26.0 Å². The lowest BCUT2D eigenvalue weighted by Crippen LogP contribution is -2.09. The first kappa shape index (κ1) is 13.7. The molecule has 0 aliphatic rings. The van der Waals surface area contributed by atoms with Crippen molar-refractivity contribution in [3.05, 3.63) is 28.8 Å². The maximum atomic E-state index is 11.4. The topological polar surface area (TPSA) is 43.4 Å². The third kappa shape index (κ3) is 3.86. The zero-order valence-corrected chi connectivity index (χ0v) is 10.7. The Labute approximate surface area is 106 Å². The van der Waals surface area contributed by atoms with Crippen molar-refractivity contribution in [2.75, 3.05) is 5.88 Å². The van der Waals surface area contributed by atoms with Crippen LogP contribution in [-0.4, -0.2) is 18.1 Å². The fraction of sp³-hybridized carbons (Fsp3) is 0.385. The number of alkyl halides is 1. The second-order valence-electron chi connectivity index (χ2n) is 3.86. The van der Waals surface area contributed by atoms with E-state index >= 15 is 0 Å². The van der Waals surface area contributed by atoms with Gasteiger partial charge < -0.3 is 4.74 Å². The summed E-state index contributed by atoms with van der Waals surface area (Å²) in [5.74, 6) is 0.650. The highest BCUT2D eigenvalue weighted by Crippen LogP contribution is 2.22. The van der Waals surface area contributed by atoms with Gasteiger partial charge in [0, 0.05) is 17.9 Å². The van der Waals surface area contributed by atoms with Gasteiger partial charge in [-0.1, -0.05) is 0 Å². The summed E-state index contributed by atoms with van der Waals surface area (Å²) in [5.41, 5.74) is 2.19. The van der Waals surface area contributed by atoms with Crippen molar-refractivity contribution in [1.82, 2.24) is 0 Å². The van der Waals surface area contributed by atoms with Gasteiger partial charge in [-0.2, -0.15) is 0 Å². The lowest BCUT2D eigenvalue weighted by molar-refractivity contribution is -0.134. The van der Waals surface area contributed by atoms with E-state index in [2.05, 4.69) is 0 Å². The van der Waals surface area contributed by atoms with Crippen molar-refractivity contribution in [3.8, 4) is 5.75 Å². The number of ether oxygens (including phenoxy) is 1. The summed E-state index contributed by atoms with van der Waals surface area (Å²) in [6.07, 6.45) is 1.70. The van der Waals surface area contributed by atoms with Crippen LogP contribution in [0.25, 0.3) is 0 Å². The number of rotatable bonds is 5. The van der Waals surface area contributed by atoms with Gasteiger partial charge in [-0.05, 0) is 43.5 Å². The van der Waals surface area contributed by atoms with Crippen LogP contribution in [0.4, 0.5) is 0 Å². The van der Waals surface area contributed by atoms with Crippen molar-refractivity contribution < 1.29 is 14.3 Å². The van der Waals surface area contributed by atoms with Crippen LogP contribution < -0.4 is 4.74 Å². The first-order valence-corrected chi connectivity index (χ1v) is 5.95. The second kappa shape index (κ2) is 6.40. The Morgan fingerprint density at radius 3 is 2.65 bits per heavy atom. The number of benzene rings is 1. The van der Waals surface area contributed by atoms with Gasteiger partial charge in [0.1, 0.15) is 12.0 Å². The molecule has 0 amide bonds. The molecule has 0 N–H and O–H groups in total. The van der Waals surface area contributed by atoms with Crippen LogP contribution in [0.15, 0.2) is 12.1 Å². The summed E-state index contributed by atoms with van der Waals surface area (Å²) >= 11 is 5.50. The summed E-state index contributed by atoms with van der Waals surface area (Å²) in [6.45, 7) is 3.61. The highest BCUT2D eigenvalue weighted by molar-refractivity contribution is 6.17. The molecule has 1 aromatic carbocycles. The largest absolute Gasteiger partial charge is 0.426 e. The predicted octanol–water partition coefficient (Wildman–Crippen LogP) is 3.04. The van der Waals surface area contributed by atoms with Crippen LogP contribution >= 0.6 is 11.6 Å². The standard InChI is InChI=1S/C13H15ClO3/c1-9-7-12(10(2)6-11(9)8-15)17-13(16)4-3-5-14/h6-8H,3-5H2,1-2H3. The normalized spacial score (nSPS) is 10.1. The maximum Gasteiger partial charge on any atom is 0.311 e. The molecule has 0 atom stereocenters. The van der Waals surface area contributed by atoms with Crippen molar-refractivity contribution in [2.45, 2.75) is 26.7 Å². The Bertz CT molecular complexity index is 427. The molecule has 92 valence electrons. The molecule has 0 aromatic heterocycles. The first-order valence-electron chi connectivity index (χ1n) is 5.41. The van der Waals surface area contributed by atoms with Gasteiger partial charge in [0.25, 0.3) is 0 Å². The highest BCUT2D eigenvalue weighted by atomic mass is 35.5. The Morgan fingerprint density at radius 2 is 2.06 bits per heavy atom. The van der Waals surface area contributed by atoms with Crippen molar-refractivity contribution >= 4 is 23.9 Å². The average Bonchev–Trinajstić information content (AvgIpc) is 2.30. The lowest BCUT2D eigenvalue weighted by atomic mass is 10.1. The number of carbonyl (C=O) groups is 2. The monoisotopic (exact) mass is 254 g/mol. The van der Waals surface area contributed by atoms with Crippen LogP contribution in [0.2, 0.25) is 0 Å². The molecule has 0 saturated carbocycles. The number of aldehydes is 1. The number of hydrogen-bond acceptors (Lipinski definition) is 3. The zero-order valence-electron chi connectivity index (χ0n) is 9.96. The number of hydrogen-bond donors (Lipinski definition) is 0. The molecule has 0 unspecified atom stereocenters. The van der Waals surface area contributed by atoms with E-state index < -0.39 is 0 Å². The fourth-order valence-electron chi connectivity index (χ4n) is 1.43. The van der Waals surface area contributed by atoms with Crippen LogP contribution in [0.3, 0.4) is 0 Å². The predicted molar refractivity (Wildman–Crippen MR) is 66.9 cm³/mol. The van der Waals surface area contributed by atoms with Crippen molar-refractivity contribution in [1.29, 1.82) is 0 Å². The van der Waals surface area contributed by atoms with Crippen LogP contribution in [-0.2, 0) is 4.79 Å². The Balaban J connectivity index is 2.81. The SMILES string of the molecule is Cc1cc(OC(=O)CCCCl)c(C)cc1C=O. The molecule has 0 radical (unpaired) electrons. The minimum Gasteiger partial charge on any atom is -0.426 e. The molecule has 0 bridgehead atoms. The molecule has 0 aliphatic carbocycles. The molecule has 0 aliphatic heterocycles. The van der Waals surface area contributed by atoms with Gasteiger partial charge in [0.05, 0.1) is 0 Å². The highest BCUT2D eigenvalue weighted by Gasteiger charge is 2.09. The van der Waals surface area contributed by atoms with Gasteiger partial charge in [0.15, 0.2) is 0 Å². The molecule has 4 heteroatoms. The smallest absolute Gasteiger partial charge is 0.311 e. The summed E-state index contributed by atoms with van der Waals surface area (Å²) < 4.78 is 5.21. The van der Waals surface area contributed by atoms with E-state index in [1.807, 2.05) is 0 Å². The summed E-state index contributed by atoms with van der Waals surface area (Å²) in [5, 5.41) is 0. The molecule has 1 rings (SSSR count). The van der Waals surface area contributed by atoms with E-state index in [9.17, 15) is 9.59 Å². The van der Waals surface area contributed by atoms with Gasteiger partial charge in [-0.3, -0.25) is 9.59 Å². The van der Waals surface area contributed by atoms with Crippen molar-refractivity contribution in [2.24, 2.45) is 0 Å². The van der Waals surface area contributed by atoms with E-state index in [0.717, 1.165) is 17.4 Å². The molecule has 3 nitrogen and oxygen atoms in total. The van der Waals surface area contributed by atoms with Crippen LogP contribution in [0.1, 0.15) is 34.3 Å². The minimum atomic E-state index is -0.299. The summed E-state index contributed by atoms with van der Waals surface area (Å²) in [7, 11) is 0. The van der Waals surface area contributed by atoms with Crippen molar-refractivity contribution in [3.63, 3.8) is 0 Å². The van der Waals surface area contributed by atoms with Gasteiger partial charge >= 0.3 is 5.97 Å². The lowest BCUT2D eigenvalue weighted by Gasteiger charge is -2.09. The molecule has 17 heavy (non-hydrogen) atoms. The van der Waals surface area contributed by atoms with E-state index in [1.165, 1.54) is 0 Å². The van der Waals surface area contributed by atoms with Gasteiger partial charge in [0.2, 0.25) is 0 Å². The number of aryl methyl sites for hydroxylation is 2. The average molecular weight is 255 g/mol. The third-order valence-corrected chi connectivity index (χ3v) is 2.70. The number of esters is 1. The fourth-order valence-corrected chi connectivity index (χ4v) is 1.57. The molecule has 0 fully saturated rings. The van der Waals surface area contributed by atoms with Gasteiger partial charge in [-0.25, -0.2) is 0 Å². The molecule has 0 spiro atoms. The third-order valence-electron chi connectivity index (χ3n) is 2.43. The molecule has 0 saturated heterocycles. The number of halogens is 1. The Kier molecular flexibility index (Phi) is 5.16. The van der Waals surface area contributed by atoms with Crippen LogP contribution in [0, 0.1) is 13.8 Å². The Hall–Kier alpha value is -1.35. The quantitative estimate of drug-likeness (QED) is 0.351. The second-order valence-corrected chi connectivity index (χ2v) is 4.24. The molecule has 0 heterocycles. The Morgan fingerprint density at radius 1 is 1.35 bits per heavy atom. The molecular formula is C13H15ClO3. The first-order chi connectivity index (χ1) is 8.08. The summed E-state index contributed by atoms with van der Waals surface area (Å²) in [4.78, 5) is 22.2. The van der Waals surface area contributed by atoms with E-state index in [-0.39, 0.29) is 5.97 Å². The van der Waals surface area contributed by atoms with E-state index in [0.29, 0.717) is 30.0 Å².